The monoisotopic (exact) mass is 1150 g/mol. The summed E-state index contributed by atoms with van der Waals surface area (Å²) in [6, 6.07) is -0.879. The Morgan fingerprint density at radius 1 is 0.432 bits per heavy atom. The smallest absolute Gasteiger partial charge is 0.456 e. The van der Waals surface area contributed by atoms with Crippen molar-refractivity contribution >= 4 is 19.7 Å². The highest BCUT2D eigenvalue weighted by atomic mass is 31.2. The number of hydrogen-bond donors (Lipinski definition) is 2. The molecule has 10 heteroatoms. The Morgan fingerprint density at radius 2 is 0.765 bits per heavy atom. The third-order valence-corrected chi connectivity index (χ3v) is 15.8. The van der Waals surface area contributed by atoms with Gasteiger partial charge in [-0.15, -0.1) is 0 Å². The Hall–Kier alpha value is -2.81. The molecule has 0 aromatic carbocycles. The van der Waals surface area contributed by atoms with Crippen LogP contribution in [0.15, 0.2) is 85.1 Å². The second kappa shape index (κ2) is 60.3. The quantitative estimate of drug-likeness (QED) is 0.0205. The Labute approximate surface area is 501 Å². The zero-order valence-electron chi connectivity index (χ0n) is 53.8. The zero-order valence-corrected chi connectivity index (χ0v) is 54.7. The summed E-state index contributed by atoms with van der Waals surface area (Å²) in [5.41, 5.74) is 0. The molecule has 0 aromatic rings. The molecule has 0 bridgehead atoms. The number of ether oxygens (including phenoxy) is 1. The average Bonchev–Trinajstić information content (AvgIpc) is 3.44. The molecule has 470 valence electrons. The van der Waals surface area contributed by atoms with Crippen molar-refractivity contribution in [1.82, 2.24) is 5.32 Å². The number of rotatable bonds is 61. The number of nitrogens with zero attached hydrogens (tertiary/aromatic N) is 1. The molecule has 0 radical (unpaired) electrons. The van der Waals surface area contributed by atoms with Gasteiger partial charge in [0.05, 0.1) is 33.8 Å². The van der Waals surface area contributed by atoms with Crippen molar-refractivity contribution in [1.29, 1.82) is 0 Å². The van der Waals surface area contributed by atoms with Gasteiger partial charge >= 0.3 is 13.8 Å². The van der Waals surface area contributed by atoms with Crippen LogP contribution in [0.5, 0.6) is 0 Å². The van der Waals surface area contributed by atoms with Gasteiger partial charge in [-0.2, -0.15) is 0 Å². The number of phosphoric acid groups is 1. The van der Waals surface area contributed by atoms with Gasteiger partial charge in [0.2, 0.25) is 5.91 Å². The summed E-state index contributed by atoms with van der Waals surface area (Å²) in [5.74, 6) is -0.566. The standard InChI is InChI=1S/C71H129N2O7P/c1-7-10-13-16-19-22-25-27-29-31-32-33-34-35-36-37-38-39-40-42-44-46-49-52-55-58-61-64-71(75)80-69(62-59-56-53-50-47-24-21-18-15-12-9-3)68(67-79-81(76,77)78-66-65-73(4,5)6)72-70(74)63-60-57-54-51-48-45-43-41-30-28-26-23-20-17-14-11-8-2/h19-20,22-23,27-30,43,45,51,54,59,62,68-69H,7-18,21,24-26,31-42,44,46-50,52-53,55-58,60-61,63-67H2,1-6H3,(H-,72,74,76,77)/p+1/b22-19-,23-20-,29-27-,30-28-,45-43-,54-51-,62-59-. The van der Waals surface area contributed by atoms with E-state index < -0.39 is 20.0 Å². The maximum atomic E-state index is 13.5. The van der Waals surface area contributed by atoms with Gasteiger partial charge in [-0.25, -0.2) is 4.57 Å². The molecular formula is C71H130N2O7P+. The number of carbonyl (C=O) groups excluding carboxylic acids is 2. The van der Waals surface area contributed by atoms with Crippen molar-refractivity contribution in [2.24, 2.45) is 0 Å². The predicted molar refractivity (Wildman–Crippen MR) is 351 cm³/mol. The van der Waals surface area contributed by atoms with Crippen LogP contribution in [0.1, 0.15) is 303 Å². The normalized spacial score (nSPS) is 14.1. The first-order valence-electron chi connectivity index (χ1n) is 33.9. The van der Waals surface area contributed by atoms with Gasteiger partial charge in [0.15, 0.2) is 0 Å². The van der Waals surface area contributed by atoms with Gasteiger partial charge in [0.1, 0.15) is 19.3 Å². The lowest BCUT2D eigenvalue weighted by atomic mass is 10.0. The summed E-state index contributed by atoms with van der Waals surface area (Å²) in [6.45, 7) is 6.93. The second-order valence-corrected chi connectivity index (χ2v) is 25.4. The minimum atomic E-state index is -4.47. The Bertz CT molecular complexity index is 1660. The van der Waals surface area contributed by atoms with E-state index >= 15 is 0 Å². The molecular weight excluding hydrogens is 1020 g/mol. The maximum Gasteiger partial charge on any atom is 0.472 e. The highest BCUT2D eigenvalue weighted by Gasteiger charge is 2.30. The molecule has 0 aliphatic rings. The van der Waals surface area contributed by atoms with Crippen LogP contribution in [0, 0.1) is 0 Å². The fraction of sp³-hybridized carbons (Fsp3) is 0.775. The van der Waals surface area contributed by atoms with Gasteiger partial charge in [-0.3, -0.25) is 18.6 Å². The van der Waals surface area contributed by atoms with Crippen molar-refractivity contribution < 1.29 is 37.3 Å². The predicted octanol–water partition coefficient (Wildman–Crippen LogP) is 21.3. The number of likely N-dealkylation sites (N-methyl/N-ethyl adjacent to an activating group) is 1. The number of unbranched alkanes of at least 4 members (excludes halogenated alkanes) is 33. The van der Waals surface area contributed by atoms with Crippen LogP contribution in [0.3, 0.4) is 0 Å². The number of esters is 1. The number of phosphoric ester groups is 1. The third-order valence-electron chi connectivity index (χ3n) is 14.8. The second-order valence-electron chi connectivity index (χ2n) is 24.0. The summed E-state index contributed by atoms with van der Waals surface area (Å²) in [5, 5.41) is 3.03. The van der Waals surface area contributed by atoms with E-state index in [1.807, 2.05) is 33.3 Å². The fourth-order valence-electron chi connectivity index (χ4n) is 9.55. The first-order chi connectivity index (χ1) is 39.4. The lowest BCUT2D eigenvalue weighted by Gasteiger charge is -2.27. The molecule has 0 spiro atoms. The first-order valence-corrected chi connectivity index (χ1v) is 35.4. The molecule has 0 saturated heterocycles. The van der Waals surface area contributed by atoms with Crippen LogP contribution >= 0.6 is 7.82 Å². The minimum absolute atomic E-state index is 0.0282. The Kier molecular flexibility index (Phi) is 58.2. The van der Waals surface area contributed by atoms with Crippen molar-refractivity contribution in [3.05, 3.63) is 85.1 Å². The number of hydrogen-bond acceptors (Lipinski definition) is 6. The van der Waals surface area contributed by atoms with E-state index in [0.717, 1.165) is 70.6 Å². The van der Waals surface area contributed by atoms with Crippen molar-refractivity contribution in [3.8, 4) is 0 Å². The summed E-state index contributed by atoms with van der Waals surface area (Å²) >= 11 is 0. The molecule has 0 fully saturated rings. The molecule has 0 rings (SSSR count). The summed E-state index contributed by atoms with van der Waals surface area (Å²) in [6.07, 6.45) is 80.4. The van der Waals surface area contributed by atoms with E-state index in [2.05, 4.69) is 99.0 Å². The van der Waals surface area contributed by atoms with Crippen molar-refractivity contribution in [2.45, 2.75) is 315 Å². The summed E-state index contributed by atoms with van der Waals surface area (Å²) in [7, 11) is 1.46. The van der Waals surface area contributed by atoms with E-state index in [4.69, 9.17) is 13.8 Å². The third kappa shape index (κ3) is 61.6. The molecule has 0 aliphatic heterocycles. The van der Waals surface area contributed by atoms with Gasteiger partial charge in [-0.1, -0.05) is 273 Å². The topological polar surface area (TPSA) is 111 Å². The number of carbonyl (C=O) groups is 2. The summed E-state index contributed by atoms with van der Waals surface area (Å²) < 4.78 is 30.7. The average molecular weight is 1150 g/mol. The highest BCUT2D eigenvalue weighted by Crippen LogP contribution is 2.43. The van der Waals surface area contributed by atoms with Gasteiger partial charge in [-0.05, 0) is 102 Å². The first kappa shape index (κ1) is 78.2. The Morgan fingerprint density at radius 3 is 1.17 bits per heavy atom. The van der Waals surface area contributed by atoms with Crippen LogP contribution in [-0.4, -0.2) is 74.3 Å². The number of allylic oxidation sites excluding steroid dienone is 13. The maximum absolute atomic E-state index is 13.5. The Balaban J connectivity index is 5.06. The minimum Gasteiger partial charge on any atom is -0.456 e. The molecule has 81 heavy (non-hydrogen) atoms. The molecule has 0 heterocycles. The van der Waals surface area contributed by atoms with E-state index in [-0.39, 0.29) is 37.9 Å². The van der Waals surface area contributed by atoms with Crippen LogP contribution in [0.2, 0.25) is 0 Å². The lowest BCUT2D eigenvalue weighted by Crippen LogP contribution is -2.47. The van der Waals surface area contributed by atoms with E-state index in [1.165, 1.54) is 193 Å². The van der Waals surface area contributed by atoms with Gasteiger partial charge in [0, 0.05) is 12.8 Å². The fourth-order valence-corrected chi connectivity index (χ4v) is 10.3. The zero-order chi connectivity index (χ0) is 59.3. The van der Waals surface area contributed by atoms with Crippen LogP contribution in [-0.2, 0) is 27.9 Å². The summed E-state index contributed by atoms with van der Waals surface area (Å²) in [4.78, 5) is 37.7. The van der Waals surface area contributed by atoms with Gasteiger partial charge < -0.3 is 19.4 Å². The van der Waals surface area contributed by atoms with Crippen LogP contribution in [0.4, 0.5) is 0 Å². The number of amides is 1. The SMILES string of the molecule is CCCCC/C=C\C/C=C\C/C=C\C/C=C\CCCC(=O)NC(COP(=O)(O)OCC[N+](C)(C)C)C(/C=C\CCCCCCCCCCC)OC(=O)CCCCCCCCCCCCCCCCCCC/C=C\C/C=C\CCCCC. The van der Waals surface area contributed by atoms with E-state index in [0.29, 0.717) is 17.4 Å². The van der Waals surface area contributed by atoms with Crippen LogP contribution in [0.25, 0.3) is 0 Å². The lowest BCUT2D eigenvalue weighted by molar-refractivity contribution is -0.870. The van der Waals surface area contributed by atoms with Crippen molar-refractivity contribution in [3.63, 3.8) is 0 Å². The molecule has 0 aromatic heterocycles. The molecule has 3 unspecified atom stereocenters. The van der Waals surface area contributed by atoms with E-state index in [1.54, 1.807) is 0 Å². The van der Waals surface area contributed by atoms with Crippen LogP contribution < -0.4 is 5.32 Å². The molecule has 9 nitrogen and oxygen atoms in total. The molecule has 3 atom stereocenters. The van der Waals surface area contributed by atoms with Gasteiger partial charge in [0.25, 0.3) is 0 Å². The highest BCUT2D eigenvalue weighted by molar-refractivity contribution is 7.47. The largest absolute Gasteiger partial charge is 0.472 e. The number of nitrogens with one attached hydrogen (secondary N) is 1. The molecule has 1 amide bonds. The van der Waals surface area contributed by atoms with E-state index in [9.17, 15) is 19.0 Å². The molecule has 0 aliphatic carbocycles. The molecule has 0 saturated carbocycles. The molecule has 2 N–H and O–H groups in total. The van der Waals surface area contributed by atoms with Crippen molar-refractivity contribution in [2.75, 3.05) is 40.9 Å². The number of quaternary nitrogens is 1.